The predicted octanol–water partition coefficient (Wildman–Crippen LogP) is 5.43. The molecule has 0 saturated carbocycles. The summed E-state index contributed by atoms with van der Waals surface area (Å²) in [7, 11) is -1.65. The highest BCUT2D eigenvalue weighted by atomic mass is 79.9. The van der Waals surface area contributed by atoms with Crippen molar-refractivity contribution in [3.05, 3.63) is 28.6 Å². The van der Waals surface area contributed by atoms with Crippen molar-refractivity contribution in [2.24, 2.45) is 5.92 Å². The average molecular weight is 425 g/mol. The van der Waals surface area contributed by atoms with Crippen LogP contribution in [-0.2, 0) is 11.0 Å². The van der Waals surface area contributed by atoms with Gasteiger partial charge in [-0.15, -0.1) is 0 Å². The van der Waals surface area contributed by atoms with Crippen LogP contribution in [-0.4, -0.2) is 37.9 Å². The molecule has 0 bridgehead atoms. The third kappa shape index (κ3) is 4.53. The normalized spacial score (nSPS) is 19.8. The first-order chi connectivity index (χ1) is 11.6. The summed E-state index contributed by atoms with van der Waals surface area (Å²) in [6.45, 7) is 15.5. The maximum Gasteiger partial charge on any atom is 0.191 e. The quantitative estimate of drug-likeness (QED) is 0.599. The standard InChI is InChI=1S/C19H29BrN2O2Si/c1-19(2,3)25(4,5)23-13-14-6-7-22(11-14)12-16-9-17-18(24-16)8-15(20)10-21-17/h8-10,14H,6-7,11-13H2,1-5H3/t14-/m1/s1. The van der Waals surface area contributed by atoms with E-state index in [1.807, 2.05) is 12.3 Å². The van der Waals surface area contributed by atoms with E-state index in [0.29, 0.717) is 5.92 Å². The molecule has 1 aliphatic heterocycles. The van der Waals surface area contributed by atoms with E-state index < -0.39 is 8.32 Å². The Morgan fingerprint density at radius 1 is 1.36 bits per heavy atom. The van der Waals surface area contributed by atoms with Gasteiger partial charge < -0.3 is 8.84 Å². The van der Waals surface area contributed by atoms with Crippen LogP contribution in [0.4, 0.5) is 0 Å². The molecular weight excluding hydrogens is 396 g/mol. The summed E-state index contributed by atoms with van der Waals surface area (Å²) in [4.78, 5) is 6.86. The molecule has 1 atom stereocenters. The van der Waals surface area contributed by atoms with E-state index in [2.05, 4.69) is 65.7 Å². The molecule has 0 N–H and O–H groups in total. The maximum atomic E-state index is 6.41. The van der Waals surface area contributed by atoms with Gasteiger partial charge in [0.15, 0.2) is 13.9 Å². The topological polar surface area (TPSA) is 38.5 Å². The highest BCUT2D eigenvalue weighted by Crippen LogP contribution is 2.37. The number of hydrogen-bond donors (Lipinski definition) is 0. The van der Waals surface area contributed by atoms with Crippen LogP contribution < -0.4 is 0 Å². The van der Waals surface area contributed by atoms with Crippen LogP contribution in [0.1, 0.15) is 33.0 Å². The number of nitrogens with zero attached hydrogens (tertiary/aromatic N) is 2. The van der Waals surface area contributed by atoms with Gasteiger partial charge in [-0.2, -0.15) is 0 Å². The summed E-state index contributed by atoms with van der Waals surface area (Å²) < 4.78 is 13.3. The minimum atomic E-state index is -1.65. The van der Waals surface area contributed by atoms with Gasteiger partial charge in [0.25, 0.3) is 0 Å². The van der Waals surface area contributed by atoms with Crippen LogP contribution in [0.3, 0.4) is 0 Å². The SMILES string of the molecule is CC(C)(C)[Si](C)(C)OC[C@@H]1CCN(Cc2cc3ncc(Br)cc3o2)C1. The zero-order valence-corrected chi connectivity index (χ0v) is 18.5. The molecule has 6 heteroatoms. The fourth-order valence-corrected chi connectivity index (χ4v) is 4.37. The van der Waals surface area contributed by atoms with E-state index in [4.69, 9.17) is 8.84 Å². The number of pyridine rings is 1. The Labute approximate surface area is 160 Å². The lowest BCUT2D eigenvalue weighted by Gasteiger charge is -2.37. The van der Waals surface area contributed by atoms with Gasteiger partial charge in [0, 0.05) is 29.9 Å². The Balaban J connectivity index is 1.54. The van der Waals surface area contributed by atoms with Crippen molar-refractivity contribution in [2.75, 3.05) is 19.7 Å². The van der Waals surface area contributed by atoms with Crippen molar-refractivity contribution in [1.82, 2.24) is 9.88 Å². The second-order valence-electron chi connectivity index (χ2n) is 8.71. The first-order valence-electron chi connectivity index (χ1n) is 9.04. The van der Waals surface area contributed by atoms with Crippen molar-refractivity contribution in [3.8, 4) is 0 Å². The molecule has 2 aromatic rings. The molecule has 4 nitrogen and oxygen atoms in total. The number of furan rings is 1. The molecule has 1 aliphatic rings. The predicted molar refractivity (Wildman–Crippen MR) is 108 cm³/mol. The van der Waals surface area contributed by atoms with Gasteiger partial charge in [-0.1, -0.05) is 20.8 Å². The Morgan fingerprint density at radius 2 is 2.12 bits per heavy atom. The second kappa shape index (κ2) is 7.14. The number of fused-ring (bicyclic) bond motifs is 1. The van der Waals surface area contributed by atoms with Crippen LogP contribution in [0.5, 0.6) is 0 Å². The molecule has 0 amide bonds. The number of likely N-dealkylation sites (tertiary alicyclic amines) is 1. The van der Waals surface area contributed by atoms with Crippen LogP contribution in [0.2, 0.25) is 18.1 Å². The Kier molecular flexibility index (Phi) is 5.45. The monoisotopic (exact) mass is 424 g/mol. The summed E-state index contributed by atoms with van der Waals surface area (Å²) >= 11 is 3.44. The summed E-state index contributed by atoms with van der Waals surface area (Å²) in [5.74, 6) is 1.62. The van der Waals surface area contributed by atoms with Gasteiger partial charge in [-0.25, -0.2) is 0 Å². The number of rotatable bonds is 5. The lowest BCUT2D eigenvalue weighted by Crippen LogP contribution is -2.42. The number of halogens is 1. The second-order valence-corrected chi connectivity index (χ2v) is 14.4. The molecule has 1 saturated heterocycles. The first kappa shape index (κ1) is 19.1. The van der Waals surface area contributed by atoms with Crippen LogP contribution in [0.15, 0.2) is 27.2 Å². The highest BCUT2D eigenvalue weighted by molar-refractivity contribution is 9.10. The first-order valence-corrected chi connectivity index (χ1v) is 12.7. The van der Waals surface area contributed by atoms with Gasteiger partial charge in [0.1, 0.15) is 11.3 Å². The van der Waals surface area contributed by atoms with Gasteiger partial charge >= 0.3 is 0 Å². The van der Waals surface area contributed by atoms with E-state index in [1.165, 1.54) is 6.42 Å². The number of hydrogen-bond acceptors (Lipinski definition) is 4. The van der Waals surface area contributed by atoms with Crippen molar-refractivity contribution in [2.45, 2.75) is 51.9 Å². The molecule has 1 fully saturated rings. The van der Waals surface area contributed by atoms with Crippen molar-refractivity contribution in [1.29, 1.82) is 0 Å². The minimum absolute atomic E-state index is 0.279. The van der Waals surface area contributed by atoms with E-state index in [1.54, 1.807) is 0 Å². The smallest absolute Gasteiger partial charge is 0.191 e. The zero-order valence-electron chi connectivity index (χ0n) is 15.9. The van der Waals surface area contributed by atoms with Gasteiger partial charge in [0.2, 0.25) is 0 Å². The van der Waals surface area contributed by atoms with Crippen LogP contribution in [0, 0.1) is 5.92 Å². The summed E-state index contributed by atoms with van der Waals surface area (Å²) in [6, 6.07) is 4.03. The van der Waals surface area contributed by atoms with Gasteiger partial charge in [0.05, 0.1) is 6.54 Å². The molecule has 0 radical (unpaired) electrons. The zero-order chi connectivity index (χ0) is 18.2. The van der Waals surface area contributed by atoms with E-state index in [-0.39, 0.29) is 5.04 Å². The molecule has 3 rings (SSSR count). The molecule has 0 unspecified atom stereocenters. The summed E-state index contributed by atoms with van der Waals surface area (Å²) in [5.41, 5.74) is 1.77. The third-order valence-corrected chi connectivity index (χ3v) is 10.6. The largest absolute Gasteiger partial charge is 0.458 e. The molecule has 0 aliphatic carbocycles. The van der Waals surface area contributed by atoms with E-state index in [0.717, 1.165) is 47.6 Å². The molecule has 3 heterocycles. The van der Waals surface area contributed by atoms with E-state index >= 15 is 0 Å². The van der Waals surface area contributed by atoms with Gasteiger partial charge in [-0.3, -0.25) is 9.88 Å². The maximum absolute atomic E-state index is 6.41. The Bertz CT molecular complexity index is 739. The molecular formula is C19H29BrN2O2Si. The molecule has 138 valence electrons. The molecule has 25 heavy (non-hydrogen) atoms. The van der Waals surface area contributed by atoms with Crippen molar-refractivity contribution >= 4 is 35.3 Å². The fraction of sp³-hybridized carbons (Fsp3) is 0.632. The molecule has 0 aromatic carbocycles. The lowest BCUT2D eigenvalue weighted by atomic mass is 10.1. The van der Waals surface area contributed by atoms with Crippen molar-refractivity contribution in [3.63, 3.8) is 0 Å². The van der Waals surface area contributed by atoms with E-state index in [9.17, 15) is 0 Å². The van der Waals surface area contributed by atoms with Crippen LogP contribution in [0.25, 0.3) is 11.1 Å². The highest BCUT2D eigenvalue weighted by Gasteiger charge is 2.38. The number of aromatic nitrogens is 1. The minimum Gasteiger partial charge on any atom is -0.458 e. The van der Waals surface area contributed by atoms with Crippen LogP contribution >= 0.6 is 15.9 Å². The molecule has 2 aromatic heterocycles. The summed E-state index contributed by atoms with van der Waals surface area (Å²) in [5, 5.41) is 0.279. The Morgan fingerprint density at radius 3 is 2.84 bits per heavy atom. The Hall–Kier alpha value is -0.693. The lowest BCUT2D eigenvalue weighted by molar-refractivity contribution is 0.218. The molecule has 0 spiro atoms. The average Bonchev–Trinajstić information content (AvgIpc) is 3.10. The fourth-order valence-electron chi connectivity index (χ4n) is 2.98. The summed E-state index contributed by atoms with van der Waals surface area (Å²) in [6.07, 6.45) is 3.02. The third-order valence-electron chi connectivity index (χ3n) is 5.62. The van der Waals surface area contributed by atoms with Crippen molar-refractivity contribution < 1.29 is 8.84 Å². The van der Waals surface area contributed by atoms with Gasteiger partial charge in [-0.05, 0) is 59.0 Å².